The highest BCUT2D eigenvalue weighted by Gasteiger charge is 2.02. The van der Waals surface area contributed by atoms with Gasteiger partial charge >= 0.3 is 0 Å². The second-order valence-electron chi connectivity index (χ2n) is 3.66. The molecule has 0 aliphatic rings. The number of rotatable bonds is 6. The van der Waals surface area contributed by atoms with E-state index in [1.54, 1.807) is 11.3 Å². The molecule has 0 unspecified atom stereocenters. The summed E-state index contributed by atoms with van der Waals surface area (Å²) in [6.07, 6.45) is 0. The second-order valence-corrected chi connectivity index (χ2v) is 4.83. The van der Waals surface area contributed by atoms with Crippen LogP contribution in [0.25, 0.3) is 0 Å². The summed E-state index contributed by atoms with van der Waals surface area (Å²) in [6.45, 7) is 5.32. The van der Waals surface area contributed by atoms with Gasteiger partial charge in [-0.15, -0.1) is 11.3 Å². The van der Waals surface area contributed by atoms with Crippen LogP contribution in [0.5, 0.6) is 0 Å². The molecule has 0 spiro atoms. The largest absolute Gasteiger partial charge is 0.384 e. The van der Waals surface area contributed by atoms with Gasteiger partial charge in [-0.2, -0.15) is 0 Å². The van der Waals surface area contributed by atoms with Crippen molar-refractivity contribution in [2.24, 2.45) is 0 Å². The summed E-state index contributed by atoms with van der Waals surface area (Å²) in [7, 11) is 2.08. The zero-order chi connectivity index (χ0) is 12.5. The molecule has 1 rings (SSSR count). The maximum absolute atomic E-state index is 8.61. The molecule has 0 atom stereocenters. The Balaban J connectivity index is 2.37. The molecule has 0 saturated heterocycles. The molecule has 0 aliphatic heterocycles. The first-order chi connectivity index (χ1) is 8.26. The molecule has 0 aliphatic carbocycles. The van der Waals surface area contributed by atoms with Crippen molar-refractivity contribution in [1.29, 1.82) is 0 Å². The first-order valence-corrected chi connectivity index (χ1v) is 6.52. The number of hydrogen-bond acceptors (Lipinski definition) is 4. The Morgan fingerprint density at radius 2 is 2.29 bits per heavy atom. The van der Waals surface area contributed by atoms with Gasteiger partial charge in [0.05, 0.1) is 11.5 Å². The lowest BCUT2D eigenvalue weighted by molar-refractivity contribution is 0.120. The average molecular weight is 253 g/mol. The van der Waals surface area contributed by atoms with E-state index in [0.29, 0.717) is 0 Å². The first kappa shape index (κ1) is 14.2. The molecular weight excluding hydrogens is 234 g/mol. The van der Waals surface area contributed by atoms with E-state index < -0.39 is 0 Å². The SMILES string of the molecule is CCOCCN(C)Cc1ccc(C#CCO)s1. The van der Waals surface area contributed by atoms with Gasteiger partial charge in [-0.1, -0.05) is 11.8 Å². The Hall–Kier alpha value is -0.860. The molecule has 0 amide bonds. The number of aliphatic hydroxyl groups excluding tert-OH is 1. The van der Waals surface area contributed by atoms with E-state index in [1.165, 1.54) is 4.88 Å². The number of aliphatic hydroxyl groups is 1. The van der Waals surface area contributed by atoms with E-state index in [-0.39, 0.29) is 6.61 Å². The minimum Gasteiger partial charge on any atom is -0.384 e. The van der Waals surface area contributed by atoms with E-state index in [9.17, 15) is 0 Å². The molecule has 3 nitrogen and oxygen atoms in total. The number of thiophene rings is 1. The fourth-order valence-corrected chi connectivity index (χ4v) is 2.33. The molecule has 1 aromatic heterocycles. The van der Waals surface area contributed by atoms with E-state index in [2.05, 4.69) is 29.9 Å². The zero-order valence-corrected chi connectivity index (χ0v) is 11.2. The number of nitrogens with zero attached hydrogens (tertiary/aromatic N) is 1. The molecule has 94 valence electrons. The van der Waals surface area contributed by atoms with Crippen LogP contribution in [0.15, 0.2) is 12.1 Å². The third kappa shape index (κ3) is 5.85. The number of likely N-dealkylation sites (N-methyl/N-ethyl adjacent to an activating group) is 1. The molecule has 0 bridgehead atoms. The molecule has 0 fully saturated rings. The first-order valence-electron chi connectivity index (χ1n) is 5.71. The van der Waals surface area contributed by atoms with Gasteiger partial charge in [0.2, 0.25) is 0 Å². The molecule has 1 heterocycles. The van der Waals surface area contributed by atoms with Gasteiger partial charge in [-0.3, -0.25) is 4.90 Å². The minimum absolute atomic E-state index is 0.0819. The van der Waals surface area contributed by atoms with Crippen molar-refractivity contribution in [2.45, 2.75) is 13.5 Å². The highest BCUT2D eigenvalue weighted by Crippen LogP contribution is 2.16. The van der Waals surface area contributed by atoms with Crippen molar-refractivity contribution < 1.29 is 9.84 Å². The van der Waals surface area contributed by atoms with Crippen molar-refractivity contribution in [3.8, 4) is 11.8 Å². The standard InChI is InChI=1S/C13H19NO2S/c1-3-16-10-8-14(2)11-13-7-6-12(17-13)5-4-9-15/h6-7,15H,3,8-11H2,1-2H3. The Labute approximate surface area is 107 Å². The predicted molar refractivity (Wildman–Crippen MR) is 71.1 cm³/mol. The molecule has 1 N–H and O–H groups in total. The van der Waals surface area contributed by atoms with E-state index >= 15 is 0 Å². The minimum atomic E-state index is -0.0819. The Bertz CT molecular complexity index is 378. The highest BCUT2D eigenvalue weighted by atomic mass is 32.1. The third-order valence-corrected chi connectivity index (χ3v) is 3.18. The fraction of sp³-hybridized carbons (Fsp3) is 0.538. The zero-order valence-electron chi connectivity index (χ0n) is 10.4. The van der Waals surface area contributed by atoms with E-state index in [4.69, 9.17) is 9.84 Å². The molecule has 0 aromatic carbocycles. The van der Waals surface area contributed by atoms with Crippen LogP contribution >= 0.6 is 11.3 Å². The van der Waals surface area contributed by atoms with Crippen molar-refractivity contribution in [3.05, 3.63) is 21.9 Å². The van der Waals surface area contributed by atoms with Crippen LogP contribution in [0.3, 0.4) is 0 Å². The van der Waals surface area contributed by atoms with Crippen molar-refractivity contribution in [3.63, 3.8) is 0 Å². The third-order valence-electron chi connectivity index (χ3n) is 2.20. The molecule has 17 heavy (non-hydrogen) atoms. The molecule has 4 heteroatoms. The Kier molecular flexibility index (Phi) is 6.90. The van der Waals surface area contributed by atoms with Crippen LogP contribution in [0.2, 0.25) is 0 Å². The molecule has 0 radical (unpaired) electrons. The Morgan fingerprint density at radius 3 is 3.00 bits per heavy atom. The summed E-state index contributed by atoms with van der Waals surface area (Å²) < 4.78 is 5.31. The van der Waals surface area contributed by atoms with Crippen molar-refractivity contribution >= 4 is 11.3 Å². The van der Waals surface area contributed by atoms with Crippen LogP contribution in [0.1, 0.15) is 16.7 Å². The van der Waals surface area contributed by atoms with E-state index in [1.807, 2.05) is 13.0 Å². The quantitative estimate of drug-likeness (QED) is 0.617. The molecular formula is C13H19NO2S. The van der Waals surface area contributed by atoms with Crippen molar-refractivity contribution in [1.82, 2.24) is 4.90 Å². The van der Waals surface area contributed by atoms with Crippen LogP contribution in [-0.2, 0) is 11.3 Å². The molecule has 0 saturated carbocycles. The monoisotopic (exact) mass is 253 g/mol. The normalized spacial score (nSPS) is 10.4. The summed E-state index contributed by atoms with van der Waals surface area (Å²) in [5.74, 6) is 5.57. The van der Waals surface area contributed by atoms with Gasteiger partial charge in [0, 0.05) is 24.6 Å². The average Bonchev–Trinajstić information content (AvgIpc) is 2.74. The summed E-state index contributed by atoms with van der Waals surface area (Å²) in [6, 6.07) is 4.09. The lowest BCUT2D eigenvalue weighted by atomic mass is 10.4. The van der Waals surface area contributed by atoms with Crippen LogP contribution in [-0.4, -0.2) is 43.4 Å². The smallest absolute Gasteiger partial charge is 0.104 e. The van der Waals surface area contributed by atoms with Crippen LogP contribution in [0.4, 0.5) is 0 Å². The van der Waals surface area contributed by atoms with Gasteiger partial charge in [0.15, 0.2) is 0 Å². The van der Waals surface area contributed by atoms with Gasteiger partial charge in [-0.05, 0) is 26.1 Å². The van der Waals surface area contributed by atoms with Gasteiger partial charge < -0.3 is 9.84 Å². The van der Waals surface area contributed by atoms with Crippen LogP contribution in [0, 0.1) is 11.8 Å². The van der Waals surface area contributed by atoms with E-state index in [0.717, 1.165) is 31.2 Å². The maximum atomic E-state index is 8.61. The summed E-state index contributed by atoms with van der Waals surface area (Å²) in [5.41, 5.74) is 0. The van der Waals surface area contributed by atoms with Gasteiger partial charge in [0.1, 0.15) is 6.61 Å². The van der Waals surface area contributed by atoms with Gasteiger partial charge in [0.25, 0.3) is 0 Å². The summed E-state index contributed by atoms with van der Waals surface area (Å²) in [5, 5.41) is 8.61. The van der Waals surface area contributed by atoms with Crippen molar-refractivity contribution in [2.75, 3.05) is 33.4 Å². The maximum Gasteiger partial charge on any atom is 0.104 e. The lowest BCUT2D eigenvalue weighted by Crippen LogP contribution is -2.22. The number of ether oxygens (including phenoxy) is 1. The topological polar surface area (TPSA) is 32.7 Å². The highest BCUT2D eigenvalue weighted by molar-refractivity contribution is 7.12. The molecule has 1 aromatic rings. The lowest BCUT2D eigenvalue weighted by Gasteiger charge is -2.14. The second kappa shape index (κ2) is 8.26. The Morgan fingerprint density at radius 1 is 1.47 bits per heavy atom. The number of hydrogen-bond donors (Lipinski definition) is 1. The fourth-order valence-electron chi connectivity index (χ4n) is 1.37. The summed E-state index contributed by atoms with van der Waals surface area (Å²) in [4.78, 5) is 4.52. The predicted octanol–water partition coefficient (Wildman–Crippen LogP) is 1.56. The van der Waals surface area contributed by atoms with Crippen LogP contribution < -0.4 is 0 Å². The summed E-state index contributed by atoms with van der Waals surface area (Å²) >= 11 is 1.67. The van der Waals surface area contributed by atoms with Gasteiger partial charge in [-0.25, -0.2) is 0 Å².